The summed E-state index contributed by atoms with van der Waals surface area (Å²) in [4.78, 5) is 4.29. The van der Waals surface area contributed by atoms with Gasteiger partial charge in [-0.1, -0.05) is 12.1 Å². The van der Waals surface area contributed by atoms with E-state index in [9.17, 15) is 0 Å². The SMILES string of the molecule is CC(CN)NCc1ccc2ncccc2c1. The van der Waals surface area contributed by atoms with Crippen LogP contribution in [0.4, 0.5) is 0 Å². The minimum Gasteiger partial charge on any atom is -0.329 e. The van der Waals surface area contributed by atoms with E-state index in [1.807, 2.05) is 12.3 Å². The lowest BCUT2D eigenvalue weighted by molar-refractivity contribution is 0.556. The highest BCUT2D eigenvalue weighted by atomic mass is 14.9. The van der Waals surface area contributed by atoms with Gasteiger partial charge in [0.15, 0.2) is 0 Å². The van der Waals surface area contributed by atoms with Gasteiger partial charge in [0.05, 0.1) is 5.52 Å². The number of hydrogen-bond acceptors (Lipinski definition) is 3. The Bertz CT molecular complexity index is 467. The monoisotopic (exact) mass is 215 g/mol. The van der Waals surface area contributed by atoms with E-state index in [0.717, 1.165) is 12.1 Å². The minimum absolute atomic E-state index is 0.351. The maximum atomic E-state index is 5.55. The smallest absolute Gasteiger partial charge is 0.0702 e. The van der Waals surface area contributed by atoms with Crippen molar-refractivity contribution in [1.82, 2.24) is 10.3 Å². The number of aromatic nitrogens is 1. The fraction of sp³-hybridized carbons (Fsp3) is 0.308. The molecule has 0 fully saturated rings. The van der Waals surface area contributed by atoms with Gasteiger partial charge < -0.3 is 11.1 Å². The van der Waals surface area contributed by atoms with E-state index in [1.165, 1.54) is 10.9 Å². The van der Waals surface area contributed by atoms with Crippen LogP contribution < -0.4 is 11.1 Å². The third kappa shape index (κ3) is 2.56. The fourth-order valence-corrected chi connectivity index (χ4v) is 1.61. The van der Waals surface area contributed by atoms with E-state index in [4.69, 9.17) is 5.73 Å². The van der Waals surface area contributed by atoms with Crippen molar-refractivity contribution in [1.29, 1.82) is 0 Å². The molecule has 84 valence electrons. The normalized spacial score (nSPS) is 12.9. The van der Waals surface area contributed by atoms with Gasteiger partial charge in [-0.15, -0.1) is 0 Å². The van der Waals surface area contributed by atoms with Crippen LogP contribution in [0.5, 0.6) is 0 Å². The van der Waals surface area contributed by atoms with Gasteiger partial charge in [0.1, 0.15) is 0 Å². The van der Waals surface area contributed by atoms with Gasteiger partial charge >= 0.3 is 0 Å². The first-order valence-electron chi connectivity index (χ1n) is 5.56. The molecular weight excluding hydrogens is 198 g/mol. The highest BCUT2D eigenvalue weighted by molar-refractivity contribution is 5.78. The second-order valence-corrected chi connectivity index (χ2v) is 4.05. The average Bonchev–Trinajstić information content (AvgIpc) is 2.35. The van der Waals surface area contributed by atoms with E-state index in [1.54, 1.807) is 0 Å². The van der Waals surface area contributed by atoms with Crippen molar-refractivity contribution in [3.63, 3.8) is 0 Å². The second-order valence-electron chi connectivity index (χ2n) is 4.05. The Hall–Kier alpha value is -1.45. The Morgan fingerprint density at radius 1 is 1.38 bits per heavy atom. The summed E-state index contributed by atoms with van der Waals surface area (Å²) in [5.74, 6) is 0. The standard InChI is InChI=1S/C13H17N3/c1-10(8-14)16-9-11-4-5-13-12(7-11)3-2-6-15-13/h2-7,10,16H,8-9,14H2,1H3. The zero-order valence-corrected chi connectivity index (χ0v) is 9.48. The Labute approximate surface area is 95.7 Å². The van der Waals surface area contributed by atoms with Crippen molar-refractivity contribution in [2.75, 3.05) is 6.54 Å². The molecule has 0 amide bonds. The number of pyridine rings is 1. The van der Waals surface area contributed by atoms with Crippen LogP contribution in [0, 0.1) is 0 Å². The van der Waals surface area contributed by atoms with Crippen LogP contribution in [-0.4, -0.2) is 17.6 Å². The lowest BCUT2D eigenvalue weighted by Crippen LogP contribution is -2.32. The molecule has 1 aromatic carbocycles. The highest BCUT2D eigenvalue weighted by Gasteiger charge is 2.00. The van der Waals surface area contributed by atoms with Crippen molar-refractivity contribution in [2.24, 2.45) is 5.73 Å². The van der Waals surface area contributed by atoms with Crippen LogP contribution in [0.3, 0.4) is 0 Å². The Morgan fingerprint density at radius 2 is 2.25 bits per heavy atom. The largest absolute Gasteiger partial charge is 0.329 e. The van der Waals surface area contributed by atoms with Crippen molar-refractivity contribution in [2.45, 2.75) is 19.5 Å². The van der Waals surface area contributed by atoms with Crippen LogP contribution in [0.1, 0.15) is 12.5 Å². The maximum Gasteiger partial charge on any atom is 0.0702 e. The Kier molecular flexibility index (Phi) is 3.49. The molecule has 0 bridgehead atoms. The van der Waals surface area contributed by atoms with E-state index >= 15 is 0 Å². The zero-order chi connectivity index (χ0) is 11.4. The lowest BCUT2D eigenvalue weighted by Gasteiger charge is -2.11. The van der Waals surface area contributed by atoms with Gasteiger partial charge in [0, 0.05) is 30.7 Å². The average molecular weight is 215 g/mol. The number of fused-ring (bicyclic) bond motifs is 1. The molecule has 2 rings (SSSR count). The molecule has 1 unspecified atom stereocenters. The summed E-state index contributed by atoms with van der Waals surface area (Å²) in [5, 5.41) is 4.55. The van der Waals surface area contributed by atoms with Gasteiger partial charge in [-0.3, -0.25) is 4.98 Å². The summed E-state index contributed by atoms with van der Waals surface area (Å²) in [6.45, 7) is 3.60. The number of rotatable bonds is 4. The second kappa shape index (κ2) is 5.05. The van der Waals surface area contributed by atoms with Gasteiger partial charge in [-0.2, -0.15) is 0 Å². The summed E-state index contributed by atoms with van der Waals surface area (Å²) in [6.07, 6.45) is 1.82. The van der Waals surface area contributed by atoms with Crippen LogP contribution in [0.25, 0.3) is 10.9 Å². The molecule has 0 saturated carbocycles. The third-order valence-corrected chi connectivity index (χ3v) is 2.68. The van der Waals surface area contributed by atoms with Gasteiger partial charge in [-0.05, 0) is 30.7 Å². The Balaban J connectivity index is 2.13. The molecule has 1 aromatic heterocycles. The van der Waals surface area contributed by atoms with E-state index in [2.05, 4.69) is 41.5 Å². The number of nitrogens with zero attached hydrogens (tertiary/aromatic N) is 1. The summed E-state index contributed by atoms with van der Waals surface area (Å²) >= 11 is 0. The zero-order valence-electron chi connectivity index (χ0n) is 9.48. The van der Waals surface area contributed by atoms with E-state index in [-0.39, 0.29) is 0 Å². The fourth-order valence-electron chi connectivity index (χ4n) is 1.61. The van der Waals surface area contributed by atoms with Crippen molar-refractivity contribution in [3.05, 3.63) is 42.1 Å². The topological polar surface area (TPSA) is 50.9 Å². The minimum atomic E-state index is 0.351. The molecule has 2 aromatic rings. The highest BCUT2D eigenvalue weighted by Crippen LogP contribution is 2.13. The molecule has 0 spiro atoms. The molecule has 0 aliphatic rings. The molecule has 0 radical (unpaired) electrons. The summed E-state index contributed by atoms with van der Waals surface area (Å²) in [7, 11) is 0. The van der Waals surface area contributed by atoms with Crippen LogP contribution in [-0.2, 0) is 6.54 Å². The van der Waals surface area contributed by atoms with Crippen LogP contribution in [0.15, 0.2) is 36.5 Å². The third-order valence-electron chi connectivity index (χ3n) is 2.68. The quantitative estimate of drug-likeness (QED) is 0.815. The van der Waals surface area contributed by atoms with E-state index < -0.39 is 0 Å². The van der Waals surface area contributed by atoms with Crippen molar-refractivity contribution < 1.29 is 0 Å². The molecule has 1 heterocycles. The van der Waals surface area contributed by atoms with Gasteiger partial charge in [0.2, 0.25) is 0 Å². The molecule has 0 saturated heterocycles. The number of nitrogens with two attached hydrogens (primary N) is 1. The lowest BCUT2D eigenvalue weighted by atomic mass is 10.1. The first kappa shape index (κ1) is 11.0. The summed E-state index contributed by atoms with van der Waals surface area (Å²) < 4.78 is 0. The molecule has 0 aliphatic heterocycles. The van der Waals surface area contributed by atoms with Crippen LogP contribution >= 0.6 is 0 Å². The van der Waals surface area contributed by atoms with E-state index in [0.29, 0.717) is 12.6 Å². The van der Waals surface area contributed by atoms with Crippen molar-refractivity contribution >= 4 is 10.9 Å². The predicted octanol–water partition coefficient (Wildman–Crippen LogP) is 1.67. The number of nitrogens with one attached hydrogen (secondary N) is 1. The first-order valence-corrected chi connectivity index (χ1v) is 5.56. The number of hydrogen-bond donors (Lipinski definition) is 2. The maximum absolute atomic E-state index is 5.55. The molecule has 3 heteroatoms. The van der Waals surface area contributed by atoms with Crippen LogP contribution in [0.2, 0.25) is 0 Å². The van der Waals surface area contributed by atoms with Crippen molar-refractivity contribution in [3.8, 4) is 0 Å². The first-order chi connectivity index (χ1) is 7.79. The molecule has 1 atom stereocenters. The summed E-state index contributed by atoms with van der Waals surface area (Å²) in [5.41, 5.74) is 7.86. The Morgan fingerprint density at radius 3 is 3.06 bits per heavy atom. The molecule has 3 N–H and O–H groups in total. The summed E-state index contributed by atoms with van der Waals surface area (Å²) in [6, 6.07) is 10.7. The molecular formula is C13H17N3. The van der Waals surface area contributed by atoms with Gasteiger partial charge in [0.25, 0.3) is 0 Å². The van der Waals surface area contributed by atoms with Gasteiger partial charge in [-0.25, -0.2) is 0 Å². The molecule has 16 heavy (non-hydrogen) atoms. The molecule has 3 nitrogen and oxygen atoms in total. The number of benzene rings is 1. The predicted molar refractivity (Wildman–Crippen MR) is 67.1 cm³/mol. The molecule has 0 aliphatic carbocycles.